The first-order valence-corrected chi connectivity index (χ1v) is 6.67. The van der Waals surface area contributed by atoms with E-state index in [1.54, 1.807) is 0 Å². The van der Waals surface area contributed by atoms with Gasteiger partial charge in [0.15, 0.2) is 0 Å². The molecule has 0 aromatic rings. The lowest BCUT2D eigenvalue weighted by Gasteiger charge is -2.04. The predicted octanol–water partition coefficient (Wildman–Crippen LogP) is 3.48. The van der Waals surface area contributed by atoms with Gasteiger partial charge in [0.2, 0.25) is 5.91 Å². The van der Waals surface area contributed by atoms with Gasteiger partial charge in [-0.1, -0.05) is 32.6 Å². The Bertz CT molecular complexity index is 151. The first-order chi connectivity index (χ1) is 7.31. The molecule has 0 atom stereocenters. The minimum absolute atomic E-state index is 0.195. The van der Waals surface area contributed by atoms with Crippen LogP contribution in [-0.2, 0) is 4.79 Å². The van der Waals surface area contributed by atoms with Gasteiger partial charge in [-0.15, -0.1) is 11.6 Å². The van der Waals surface area contributed by atoms with Crippen LogP contribution in [0.5, 0.6) is 0 Å². The lowest BCUT2D eigenvalue weighted by molar-refractivity contribution is -0.121. The zero-order valence-electron chi connectivity index (χ0n) is 9.86. The van der Waals surface area contributed by atoms with E-state index in [0.29, 0.717) is 12.3 Å². The summed E-state index contributed by atoms with van der Waals surface area (Å²) in [4.78, 5) is 11.3. The molecule has 0 saturated heterocycles. The summed E-state index contributed by atoms with van der Waals surface area (Å²) in [5.74, 6) is 0.883. The molecule has 2 nitrogen and oxygen atoms in total. The molecule has 0 spiro atoms. The van der Waals surface area contributed by atoms with Crippen molar-refractivity contribution in [1.82, 2.24) is 5.32 Å². The number of halogens is 1. The van der Waals surface area contributed by atoms with Crippen LogP contribution in [-0.4, -0.2) is 18.3 Å². The maximum absolute atomic E-state index is 11.3. The molecule has 0 aromatic heterocycles. The first kappa shape index (κ1) is 14.8. The molecule has 0 fully saturated rings. The molecule has 90 valence electrons. The van der Waals surface area contributed by atoms with Crippen molar-refractivity contribution < 1.29 is 4.79 Å². The Morgan fingerprint density at radius 3 is 2.47 bits per heavy atom. The van der Waals surface area contributed by atoms with E-state index in [1.165, 1.54) is 25.7 Å². The average Bonchev–Trinajstić information content (AvgIpc) is 2.24. The molecule has 0 aliphatic rings. The number of rotatable bonds is 10. The van der Waals surface area contributed by atoms with Gasteiger partial charge in [0, 0.05) is 18.8 Å². The van der Waals surface area contributed by atoms with Gasteiger partial charge in [0.1, 0.15) is 0 Å². The fraction of sp³-hybridized carbons (Fsp3) is 0.917. The van der Waals surface area contributed by atoms with Crippen LogP contribution >= 0.6 is 11.6 Å². The number of hydrogen-bond donors (Lipinski definition) is 1. The summed E-state index contributed by atoms with van der Waals surface area (Å²) < 4.78 is 0. The molecule has 0 aromatic carbocycles. The third kappa shape index (κ3) is 11.7. The van der Waals surface area contributed by atoms with E-state index in [2.05, 4.69) is 12.2 Å². The summed E-state index contributed by atoms with van der Waals surface area (Å²) >= 11 is 5.54. The van der Waals surface area contributed by atoms with Gasteiger partial charge in [-0.05, 0) is 19.3 Å². The highest BCUT2D eigenvalue weighted by Gasteiger charge is 1.99. The van der Waals surface area contributed by atoms with Crippen molar-refractivity contribution in [2.75, 3.05) is 12.4 Å². The largest absolute Gasteiger partial charge is 0.356 e. The minimum atomic E-state index is 0.195. The van der Waals surface area contributed by atoms with Gasteiger partial charge in [-0.2, -0.15) is 0 Å². The fourth-order valence-electron chi connectivity index (χ4n) is 1.42. The van der Waals surface area contributed by atoms with Crippen molar-refractivity contribution in [3.05, 3.63) is 0 Å². The molecule has 1 amide bonds. The van der Waals surface area contributed by atoms with Crippen LogP contribution in [0.25, 0.3) is 0 Å². The van der Waals surface area contributed by atoms with Crippen molar-refractivity contribution in [2.45, 2.75) is 58.3 Å². The topological polar surface area (TPSA) is 29.1 Å². The molecule has 0 heterocycles. The summed E-state index contributed by atoms with van der Waals surface area (Å²) in [6.07, 6.45) is 8.68. The van der Waals surface area contributed by atoms with Crippen LogP contribution in [0, 0.1) is 0 Å². The second-order valence-electron chi connectivity index (χ2n) is 3.91. The Balaban J connectivity index is 3.11. The quantitative estimate of drug-likeness (QED) is 0.454. The number of nitrogens with one attached hydrogen (secondary N) is 1. The standard InChI is InChI=1S/C12H24ClNO/c1-2-3-4-5-6-9-12(15)14-11-8-7-10-13/h2-11H2,1H3,(H,14,15). The van der Waals surface area contributed by atoms with Gasteiger partial charge in [-0.25, -0.2) is 0 Å². The average molecular weight is 234 g/mol. The van der Waals surface area contributed by atoms with E-state index < -0.39 is 0 Å². The fourth-order valence-corrected chi connectivity index (χ4v) is 1.61. The number of carbonyl (C=O) groups is 1. The van der Waals surface area contributed by atoms with E-state index in [0.717, 1.165) is 25.8 Å². The zero-order chi connectivity index (χ0) is 11.4. The second-order valence-corrected chi connectivity index (χ2v) is 4.29. The van der Waals surface area contributed by atoms with Crippen LogP contribution in [0.15, 0.2) is 0 Å². The molecule has 3 heteroatoms. The van der Waals surface area contributed by atoms with Crippen LogP contribution in [0.3, 0.4) is 0 Å². The molecule has 0 rings (SSSR count). The highest BCUT2D eigenvalue weighted by molar-refractivity contribution is 6.17. The number of carbonyl (C=O) groups excluding carboxylic acids is 1. The van der Waals surface area contributed by atoms with Gasteiger partial charge >= 0.3 is 0 Å². The Labute approximate surface area is 98.8 Å². The zero-order valence-corrected chi connectivity index (χ0v) is 10.6. The number of alkyl halides is 1. The molecule has 15 heavy (non-hydrogen) atoms. The van der Waals surface area contributed by atoms with Crippen molar-refractivity contribution in [2.24, 2.45) is 0 Å². The number of unbranched alkanes of at least 4 members (excludes halogenated alkanes) is 5. The molecular weight excluding hydrogens is 210 g/mol. The summed E-state index contributed by atoms with van der Waals surface area (Å²) in [6, 6.07) is 0. The Hall–Kier alpha value is -0.240. The summed E-state index contributed by atoms with van der Waals surface area (Å²) in [7, 11) is 0. The lowest BCUT2D eigenvalue weighted by Crippen LogP contribution is -2.24. The van der Waals surface area contributed by atoms with Gasteiger partial charge in [0.25, 0.3) is 0 Å². The summed E-state index contributed by atoms with van der Waals surface area (Å²) in [5, 5.41) is 2.91. The molecule has 0 aliphatic carbocycles. The maximum atomic E-state index is 11.3. The molecule has 1 N–H and O–H groups in total. The van der Waals surface area contributed by atoms with E-state index >= 15 is 0 Å². The highest BCUT2D eigenvalue weighted by atomic mass is 35.5. The van der Waals surface area contributed by atoms with Crippen LogP contribution < -0.4 is 5.32 Å². The third-order valence-corrected chi connectivity index (χ3v) is 2.66. The number of hydrogen-bond acceptors (Lipinski definition) is 1. The molecular formula is C12H24ClNO. The smallest absolute Gasteiger partial charge is 0.219 e. The van der Waals surface area contributed by atoms with Crippen molar-refractivity contribution in [3.8, 4) is 0 Å². The third-order valence-electron chi connectivity index (χ3n) is 2.39. The molecule has 0 radical (unpaired) electrons. The summed E-state index contributed by atoms with van der Waals surface area (Å²) in [5.41, 5.74) is 0. The van der Waals surface area contributed by atoms with E-state index in [-0.39, 0.29) is 5.91 Å². The Kier molecular flexibility index (Phi) is 11.6. The molecule has 0 bridgehead atoms. The first-order valence-electron chi connectivity index (χ1n) is 6.14. The summed E-state index contributed by atoms with van der Waals surface area (Å²) in [6.45, 7) is 2.98. The Morgan fingerprint density at radius 1 is 1.07 bits per heavy atom. The lowest BCUT2D eigenvalue weighted by atomic mass is 10.1. The maximum Gasteiger partial charge on any atom is 0.219 e. The van der Waals surface area contributed by atoms with E-state index in [4.69, 9.17) is 11.6 Å². The molecule has 0 aliphatic heterocycles. The van der Waals surface area contributed by atoms with E-state index in [9.17, 15) is 4.79 Å². The highest BCUT2D eigenvalue weighted by Crippen LogP contribution is 2.04. The van der Waals surface area contributed by atoms with Crippen molar-refractivity contribution in [3.63, 3.8) is 0 Å². The molecule has 0 unspecified atom stereocenters. The second kappa shape index (κ2) is 11.8. The normalized spacial score (nSPS) is 10.3. The number of amides is 1. The minimum Gasteiger partial charge on any atom is -0.356 e. The van der Waals surface area contributed by atoms with Gasteiger partial charge in [-0.3, -0.25) is 4.79 Å². The monoisotopic (exact) mass is 233 g/mol. The van der Waals surface area contributed by atoms with Gasteiger partial charge in [0.05, 0.1) is 0 Å². The van der Waals surface area contributed by atoms with Gasteiger partial charge < -0.3 is 5.32 Å². The van der Waals surface area contributed by atoms with E-state index in [1.807, 2.05) is 0 Å². The van der Waals surface area contributed by atoms with Crippen LogP contribution in [0.4, 0.5) is 0 Å². The predicted molar refractivity (Wildman–Crippen MR) is 66.3 cm³/mol. The van der Waals surface area contributed by atoms with Crippen LogP contribution in [0.1, 0.15) is 58.3 Å². The van der Waals surface area contributed by atoms with Crippen molar-refractivity contribution in [1.29, 1.82) is 0 Å². The Morgan fingerprint density at radius 2 is 1.80 bits per heavy atom. The SMILES string of the molecule is CCCCCCCC(=O)NCCCCCl. The van der Waals surface area contributed by atoms with Crippen molar-refractivity contribution >= 4 is 17.5 Å². The van der Waals surface area contributed by atoms with Crippen LogP contribution in [0.2, 0.25) is 0 Å². The molecule has 0 saturated carbocycles.